The molecule has 0 aliphatic carbocycles. The number of fused-ring (bicyclic) bond motifs is 1. The van der Waals surface area contributed by atoms with Crippen molar-refractivity contribution in [1.82, 2.24) is 0 Å². The maximum absolute atomic E-state index is 13.1. The van der Waals surface area contributed by atoms with Crippen LogP contribution in [0.3, 0.4) is 0 Å². The second kappa shape index (κ2) is 8.49. The van der Waals surface area contributed by atoms with E-state index in [1.54, 1.807) is 0 Å². The van der Waals surface area contributed by atoms with Gasteiger partial charge in [-0.1, -0.05) is 6.07 Å². The summed E-state index contributed by atoms with van der Waals surface area (Å²) in [6.07, 6.45) is -4.49. The van der Waals surface area contributed by atoms with Crippen LogP contribution in [0.5, 0.6) is 0 Å². The minimum Gasteiger partial charge on any atom is -0.321 e. The number of hydrogen-bond donors (Lipinski definition) is 2. The Balaban J connectivity index is 1.52. The first kappa shape index (κ1) is 22.7. The highest BCUT2D eigenvalue weighted by Gasteiger charge is 2.30. The fraction of sp³-hybridized carbons (Fsp3) is 0.0455. The third kappa shape index (κ3) is 5.15. The van der Waals surface area contributed by atoms with Gasteiger partial charge in [0.1, 0.15) is 5.82 Å². The Morgan fingerprint density at radius 1 is 0.879 bits per heavy atom. The second-order valence-corrected chi connectivity index (χ2v) is 9.72. The van der Waals surface area contributed by atoms with Crippen LogP contribution in [-0.4, -0.2) is 14.3 Å². The summed E-state index contributed by atoms with van der Waals surface area (Å²) in [6, 6.07) is 14.8. The predicted octanol–water partition coefficient (Wildman–Crippen LogP) is 6.11. The zero-order chi connectivity index (χ0) is 23.8. The van der Waals surface area contributed by atoms with Crippen molar-refractivity contribution in [3.63, 3.8) is 0 Å². The van der Waals surface area contributed by atoms with Gasteiger partial charge in [0, 0.05) is 10.4 Å². The number of alkyl halides is 3. The number of rotatable bonds is 5. The van der Waals surface area contributed by atoms with E-state index in [0.29, 0.717) is 10.1 Å². The van der Waals surface area contributed by atoms with Gasteiger partial charge in [0.25, 0.3) is 15.9 Å². The van der Waals surface area contributed by atoms with Crippen molar-refractivity contribution in [2.24, 2.45) is 0 Å². The lowest BCUT2D eigenvalue weighted by Gasteiger charge is -2.10. The van der Waals surface area contributed by atoms with E-state index in [1.165, 1.54) is 36.4 Å². The number of hydrogen-bond acceptors (Lipinski definition) is 4. The first-order valence-corrected chi connectivity index (χ1v) is 11.6. The number of halogens is 4. The van der Waals surface area contributed by atoms with Gasteiger partial charge in [0.05, 0.1) is 21.0 Å². The Bertz CT molecular complexity index is 1450. The molecule has 0 aliphatic heterocycles. The summed E-state index contributed by atoms with van der Waals surface area (Å²) in [6.45, 7) is 0. The molecule has 1 amide bonds. The number of carbonyl (C=O) groups excluding carboxylic acids is 1. The van der Waals surface area contributed by atoms with Gasteiger partial charge in [-0.3, -0.25) is 9.52 Å². The van der Waals surface area contributed by atoms with Crippen LogP contribution < -0.4 is 10.0 Å². The summed E-state index contributed by atoms with van der Waals surface area (Å²) in [5.41, 5.74) is -0.378. The van der Waals surface area contributed by atoms with Crippen molar-refractivity contribution in [2.45, 2.75) is 11.1 Å². The number of sulfonamides is 1. The molecule has 0 spiro atoms. The lowest BCUT2D eigenvalue weighted by atomic mass is 10.1. The van der Waals surface area contributed by atoms with Gasteiger partial charge in [-0.05, 0) is 72.1 Å². The highest BCUT2D eigenvalue weighted by molar-refractivity contribution is 7.92. The van der Waals surface area contributed by atoms with E-state index in [4.69, 9.17) is 0 Å². The van der Waals surface area contributed by atoms with Crippen molar-refractivity contribution in [3.05, 3.63) is 89.1 Å². The molecule has 0 saturated carbocycles. The SMILES string of the molecule is O=C(Nc1cccc(NS(=O)(=O)c2ccc(F)cc2)c1)c1cc2cc(C(F)(F)F)ccc2s1. The maximum atomic E-state index is 13.1. The molecule has 0 saturated heterocycles. The average molecular weight is 494 g/mol. The quantitative estimate of drug-likeness (QED) is 0.329. The molecule has 5 nitrogen and oxygen atoms in total. The van der Waals surface area contributed by atoms with Gasteiger partial charge in [0.15, 0.2) is 0 Å². The number of benzene rings is 3. The minimum absolute atomic E-state index is 0.137. The highest BCUT2D eigenvalue weighted by Crippen LogP contribution is 2.34. The summed E-state index contributed by atoms with van der Waals surface area (Å²) in [4.78, 5) is 12.7. The molecule has 0 unspecified atom stereocenters. The number of amides is 1. The first-order chi connectivity index (χ1) is 15.5. The Kier molecular flexibility index (Phi) is 5.85. The zero-order valence-corrected chi connectivity index (χ0v) is 18.1. The number of thiophene rings is 1. The van der Waals surface area contributed by atoms with E-state index < -0.39 is 33.5 Å². The average Bonchev–Trinajstić information content (AvgIpc) is 3.17. The summed E-state index contributed by atoms with van der Waals surface area (Å²) in [7, 11) is -3.98. The highest BCUT2D eigenvalue weighted by atomic mass is 32.2. The summed E-state index contributed by atoms with van der Waals surface area (Å²) < 4.78 is 79.6. The third-order valence-corrected chi connectivity index (χ3v) is 7.08. The van der Waals surface area contributed by atoms with Crippen molar-refractivity contribution < 1.29 is 30.8 Å². The Hall–Kier alpha value is -3.44. The van der Waals surface area contributed by atoms with Crippen LogP contribution in [0.4, 0.5) is 28.9 Å². The summed E-state index contributed by atoms with van der Waals surface area (Å²) >= 11 is 1.04. The van der Waals surface area contributed by atoms with E-state index >= 15 is 0 Å². The largest absolute Gasteiger partial charge is 0.416 e. The topological polar surface area (TPSA) is 75.3 Å². The van der Waals surface area contributed by atoms with Gasteiger partial charge < -0.3 is 5.32 Å². The number of nitrogens with one attached hydrogen (secondary N) is 2. The van der Waals surface area contributed by atoms with Crippen molar-refractivity contribution >= 4 is 48.7 Å². The molecule has 11 heteroatoms. The van der Waals surface area contributed by atoms with Crippen LogP contribution in [0, 0.1) is 5.82 Å². The lowest BCUT2D eigenvalue weighted by molar-refractivity contribution is -0.137. The van der Waals surface area contributed by atoms with Crippen molar-refractivity contribution in [3.8, 4) is 0 Å². The van der Waals surface area contributed by atoms with Gasteiger partial charge in [-0.15, -0.1) is 11.3 Å². The van der Waals surface area contributed by atoms with Gasteiger partial charge in [-0.2, -0.15) is 13.2 Å². The maximum Gasteiger partial charge on any atom is 0.416 e. The molecular formula is C22H14F4N2O3S2. The lowest BCUT2D eigenvalue weighted by Crippen LogP contribution is -2.14. The van der Waals surface area contributed by atoms with E-state index in [0.717, 1.165) is 47.7 Å². The molecule has 170 valence electrons. The van der Waals surface area contributed by atoms with E-state index in [2.05, 4.69) is 10.0 Å². The monoisotopic (exact) mass is 494 g/mol. The standard InChI is InChI=1S/C22H14F4N2O3S2/c23-15-5-7-18(8-6-15)33(30,31)28-17-3-1-2-16(12-17)27-21(29)20-11-13-10-14(22(24,25)26)4-9-19(13)32-20/h1-12,28H,(H,27,29). The molecule has 0 bridgehead atoms. The van der Waals surface area contributed by atoms with Crippen LogP contribution in [0.15, 0.2) is 77.7 Å². The number of anilines is 2. The molecule has 1 aromatic heterocycles. The third-order valence-electron chi connectivity index (χ3n) is 4.56. The molecule has 0 radical (unpaired) electrons. The molecule has 0 atom stereocenters. The summed E-state index contributed by atoms with van der Waals surface area (Å²) in [5.74, 6) is -1.13. The van der Waals surface area contributed by atoms with Gasteiger partial charge in [0.2, 0.25) is 0 Å². The second-order valence-electron chi connectivity index (χ2n) is 6.96. The zero-order valence-electron chi connectivity index (χ0n) is 16.5. The van der Waals surface area contributed by atoms with Crippen molar-refractivity contribution in [2.75, 3.05) is 10.0 Å². The molecule has 33 heavy (non-hydrogen) atoms. The van der Waals surface area contributed by atoms with Crippen molar-refractivity contribution in [1.29, 1.82) is 0 Å². The van der Waals surface area contributed by atoms with Gasteiger partial charge >= 0.3 is 6.18 Å². The molecule has 0 fully saturated rings. The predicted molar refractivity (Wildman–Crippen MR) is 118 cm³/mol. The molecule has 2 N–H and O–H groups in total. The molecule has 4 rings (SSSR count). The first-order valence-electron chi connectivity index (χ1n) is 9.32. The summed E-state index contributed by atoms with van der Waals surface area (Å²) in [5, 5.41) is 2.89. The molecule has 1 heterocycles. The van der Waals surface area contributed by atoms with E-state index in [-0.39, 0.29) is 21.1 Å². The molecule has 4 aromatic rings. The van der Waals surface area contributed by atoms with E-state index in [1.807, 2.05) is 0 Å². The Morgan fingerprint density at radius 2 is 1.58 bits per heavy atom. The van der Waals surface area contributed by atoms with Crippen LogP contribution >= 0.6 is 11.3 Å². The fourth-order valence-corrected chi connectivity index (χ4v) is 5.00. The molecular weight excluding hydrogens is 480 g/mol. The van der Waals surface area contributed by atoms with Crippen LogP contribution in [0.1, 0.15) is 15.2 Å². The van der Waals surface area contributed by atoms with Gasteiger partial charge in [-0.25, -0.2) is 12.8 Å². The fourth-order valence-electron chi connectivity index (χ4n) is 3.01. The Morgan fingerprint density at radius 3 is 2.27 bits per heavy atom. The minimum atomic E-state index is -4.49. The Labute approximate surface area is 189 Å². The molecule has 3 aromatic carbocycles. The van der Waals surface area contributed by atoms with E-state index in [9.17, 15) is 30.8 Å². The smallest absolute Gasteiger partial charge is 0.321 e. The number of carbonyl (C=O) groups is 1. The molecule has 0 aliphatic rings. The van der Waals surface area contributed by atoms with Crippen LogP contribution in [-0.2, 0) is 16.2 Å². The van der Waals surface area contributed by atoms with Crippen LogP contribution in [0.25, 0.3) is 10.1 Å². The van der Waals surface area contributed by atoms with Crippen LogP contribution in [0.2, 0.25) is 0 Å². The normalized spacial score (nSPS) is 12.0.